The van der Waals surface area contributed by atoms with E-state index in [4.69, 9.17) is 11.6 Å². The summed E-state index contributed by atoms with van der Waals surface area (Å²) in [5.74, 6) is -0.434. The van der Waals surface area contributed by atoms with Gasteiger partial charge in [0.25, 0.3) is 10.0 Å². The molecule has 0 fully saturated rings. The number of hydrogen-bond acceptors (Lipinski definition) is 2. The molecule has 0 aliphatic heterocycles. The summed E-state index contributed by atoms with van der Waals surface area (Å²) >= 11 is 6.15. The molecule has 0 aliphatic carbocycles. The molecule has 134 valence electrons. The highest BCUT2D eigenvalue weighted by molar-refractivity contribution is 7.93. The Morgan fingerprint density at radius 2 is 1.46 bits per heavy atom. The van der Waals surface area contributed by atoms with E-state index in [0.717, 1.165) is 5.56 Å². The van der Waals surface area contributed by atoms with Crippen molar-refractivity contribution in [1.82, 2.24) is 0 Å². The average molecular weight is 390 g/mol. The third kappa shape index (κ3) is 3.59. The van der Waals surface area contributed by atoms with Gasteiger partial charge in [-0.25, -0.2) is 12.8 Å². The molecular formula is C20H17ClFNO2S. The predicted molar refractivity (Wildman–Crippen MR) is 102 cm³/mol. The molecule has 0 amide bonds. The van der Waals surface area contributed by atoms with Crippen molar-refractivity contribution < 1.29 is 12.8 Å². The summed E-state index contributed by atoms with van der Waals surface area (Å²) < 4.78 is 41.4. The summed E-state index contributed by atoms with van der Waals surface area (Å²) in [5.41, 5.74) is 1.18. The van der Waals surface area contributed by atoms with Crippen LogP contribution in [-0.2, 0) is 10.0 Å². The van der Waals surface area contributed by atoms with Crippen molar-refractivity contribution in [1.29, 1.82) is 0 Å². The maximum Gasteiger partial charge on any atom is 0.266 e. The van der Waals surface area contributed by atoms with E-state index in [0.29, 0.717) is 5.69 Å². The lowest BCUT2D eigenvalue weighted by atomic mass is 10.1. The SMILES string of the molecule is CC(c1ccccc1)N(c1ccc(F)cc1)S(=O)(=O)c1ccccc1Cl. The zero-order chi connectivity index (χ0) is 18.7. The maximum atomic E-state index is 13.4. The second-order valence-corrected chi connectivity index (χ2v) is 7.98. The largest absolute Gasteiger partial charge is 0.266 e. The minimum absolute atomic E-state index is 0.00812. The Balaban J connectivity index is 2.18. The van der Waals surface area contributed by atoms with Crippen LogP contribution in [0.15, 0.2) is 83.8 Å². The van der Waals surface area contributed by atoms with E-state index in [2.05, 4.69) is 0 Å². The highest BCUT2D eigenvalue weighted by Gasteiger charge is 2.31. The number of anilines is 1. The molecule has 0 saturated heterocycles. The minimum atomic E-state index is -3.97. The van der Waals surface area contributed by atoms with Gasteiger partial charge >= 0.3 is 0 Å². The Morgan fingerprint density at radius 3 is 2.08 bits per heavy atom. The van der Waals surface area contributed by atoms with Gasteiger partial charge in [0.15, 0.2) is 0 Å². The van der Waals surface area contributed by atoms with Crippen molar-refractivity contribution >= 4 is 27.3 Å². The molecule has 0 N–H and O–H groups in total. The van der Waals surface area contributed by atoms with Gasteiger partial charge in [0.1, 0.15) is 10.7 Å². The summed E-state index contributed by atoms with van der Waals surface area (Å²) in [6, 6.07) is 20.4. The van der Waals surface area contributed by atoms with Crippen LogP contribution < -0.4 is 4.31 Å². The molecule has 3 aromatic carbocycles. The van der Waals surface area contributed by atoms with Crippen LogP contribution in [0.1, 0.15) is 18.5 Å². The molecule has 0 radical (unpaired) electrons. The fourth-order valence-electron chi connectivity index (χ4n) is 2.79. The number of benzene rings is 3. The Morgan fingerprint density at radius 1 is 0.885 bits per heavy atom. The molecule has 3 rings (SSSR count). The van der Waals surface area contributed by atoms with Crippen LogP contribution in [-0.4, -0.2) is 8.42 Å². The quantitative estimate of drug-likeness (QED) is 0.583. The smallest absolute Gasteiger partial charge is 0.259 e. The summed E-state index contributed by atoms with van der Waals surface area (Å²) in [6.45, 7) is 1.78. The van der Waals surface area contributed by atoms with E-state index in [1.807, 2.05) is 30.3 Å². The Kier molecular flexibility index (Phi) is 5.30. The fraction of sp³-hybridized carbons (Fsp3) is 0.100. The number of hydrogen-bond donors (Lipinski definition) is 0. The molecule has 0 spiro atoms. The van der Waals surface area contributed by atoms with Gasteiger partial charge in [-0.3, -0.25) is 4.31 Å². The molecule has 0 heterocycles. The molecule has 6 heteroatoms. The molecule has 0 aromatic heterocycles. The molecule has 1 atom stereocenters. The number of sulfonamides is 1. The van der Waals surface area contributed by atoms with Crippen molar-refractivity contribution in [3.05, 3.63) is 95.3 Å². The van der Waals surface area contributed by atoms with Gasteiger partial charge in [-0.15, -0.1) is 0 Å². The van der Waals surface area contributed by atoms with Gasteiger partial charge in [-0.05, 0) is 48.9 Å². The maximum absolute atomic E-state index is 13.4. The van der Waals surface area contributed by atoms with Gasteiger partial charge in [0.05, 0.1) is 16.8 Å². The van der Waals surface area contributed by atoms with Crippen molar-refractivity contribution in [3.8, 4) is 0 Å². The first-order chi connectivity index (χ1) is 12.4. The topological polar surface area (TPSA) is 37.4 Å². The number of halogens is 2. The molecule has 0 aliphatic rings. The third-order valence-corrected chi connectivity index (χ3v) is 6.49. The van der Waals surface area contributed by atoms with Crippen molar-refractivity contribution in [2.45, 2.75) is 17.9 Å². The first kappa shape index (κ1) is 18.4. The lowest BCUT2D eigenvalue weighted by Crippen LogP contribution is -2.34. The minimum Gasteiger partial charge on any atom is -0.259 e. The molecule has 3 aromatic rings. The van der Waals surface area contributed by atoms with Gasteiger partial charge in [0.2, 0.25) is 0 Å². The summed E-state index contributed by atoms with van der Waals surface area (Å²) in [7, 11) is -3.97. The highest BCUT2D eigenvalue weighted by Crippen LogP contribution is 2.35. The van der Waals surface area contributed by atoms with Crippen LogP contribution in [0.3, 0.4) is 0 Å². The van der Waals surface area contributed by atoms with E-state index in [1.54, 1.807) is 19.1 Å². The Labute approximate surface area is 157 Å². The van der Waals surface area contributed by atoms with Crippen molar-refractivity contribution in [2.75, 3.05) is 4.31 Å². The first-order valence-electron chi connectivity index (χ1n) is 8.01. The second kappa shape index (κ2) is 7.48. The van der Waals surface area contributed by atoms with E-state index in [9.17, 15) is 12.8 Å². The third-order valence-electron chi connectivity index (χ3n) is 4.09. The normalized spacial score (nSPS) is 12.6. The standard InChI is InChI=1S/C20H17ClFNO2S/c1-15(16-7-3-2-4-8-16)23(18-13-11-17(22)12-14-18)26(24,25)20-10-6-5-9-19(20)21/h2-15H,1H3. The van der Waals surface area contributed by atoms with E-state index in [-0.39, 0.29) is 9.92 Å². The summed E-state index contributed by atoms with van der Waals surface area (Å²) in [5, 5.41) is 0.139. The highest BCUT2D eigenvalue weighted by atomic mass is 35.5. The van der Waals surface area contributed by atoms with Crippen LogP contribution in [0.5, 0.6) is 0 Å². The van der Waals surface area contributed by atoms with Gasteiger partial charge < -0.3 is 0 Å². The van der Waals surface area contributed by atoms with Crippen LogP contribution in [0.2, 0.25) is 5.02 Å². The predicted octanol–water partition coefficient (Wildman–Crippen LogP) is 5.44. The monoisotopic (exact) mass is 389 g/mol. The van der Waals surface area contributed by atoms with Crippen LogP contribution in [0.4, 0.5) is 10.1 Å². The lowest BCUT2D eigenvalue weighted by Gasteiger charge is -2.31. The molecule has 1 unspecified atom stereocenters. The van der Waals surface area contributed by atoms with Crippen molar-refractivity contribution in [3.63, 3.8) is 0 Å². The van der Waals surface area contributed by atoms with Gasteiger partial charge in [-0.1, -0.05) is 54.1 Å². The molecule has 0 saturated carbocycles. The summed E-state index contributed by atoms with van der Waals surface area (Å²) in [6.07, 6.45) is 0. The van der Waals surface area contributed by atoms with Crippen LogP contribution in [0.25, 0.3) is 0 Å². The van der Waals surface area contributed by atoms with Gasteiger partial charge in [0, 0.05) is 0 Å². The molecular weight excluding hydrogens is 373 g/mol. The van der Waals surface area contributed by atoms with E-state index in [1.165, 1.54) is 40.7 Å². The second-order valence-electron chi connectivity index (χ2n) is 5.79. The van der Waals surface area contributed by atoms with Crippen LogP contribution in [0, 0.1) is 5.82 Å². The molecule has 3 nitrogen and oxygen atoms in total. The first-order valence-corrected chi connectivity index (χ1v) is 9.82. The van der Waals surface area contributed by atoms with Crippen molar-refractivity contribution in [2.24, 2.45) is 0 Å². The lowest BCUT2D eigenvalue weighted by molar-refractivity contribution is 0.582. The molecule has 0 bridgehead atoms. The molecule has 26 heavy (non-hydrogen) atoms. The average Bonchev–Trinajstić information content (AvgIpc) is 2.64. The van der Waals surface area contributed by atoms with Gasteiger partial charge in [-0.2, -0.15) is 0 Å². The van der Waals surface area contributed by atoms with Crippen LogP contribution >= 0.6 is 11.6 Å². The Bertz CT molecular complexity index is 992. The zero-order valence-electron chi connectivity index (χ0n) is 14.0. The van der Waals surface area contributed by atoms with E-state index >= 15 is 0 Å². The van der Waals surface area contributed by atoms with E-state index < -0.39 is 21.9 Å². The summed E-state index contributed by atoms with van der Waals surface area (Å²) in [4.78, 5) is 0.00812. The number of rotatable bonds is 5. The number of nitrogens with zero attached hydrogens (tertiary/aromatic N) is 1. The fourth-order valence-corrected chi connectivity index (χ4v) is 4.93. The zero-order valence-corrected chi connectivity index (χ0v) is 15.6. The Hall–Kier alpha value is -2.37.